The third kappa shape index (κ3) is 3.41. The van der Waals surface area contributed by atoms with Crippen LogP contribution in [0.25, 0.3) is 54.9 Å². The molecule has 0 fully saturated rings. The first-order chi connectivity index (χ1) is 20.7. The Kier molecular flexibility index (Phi) is 5.60. The second-order valence-electron chi connectivity index (χ2n) is 11.6. The van der Waals surface area contributed by atoms with E-state index in [4.69, 9.17) is 4.98 Å². The minimum Gasteiger partial charge on any atom is -0.319 e. The van der Waals surface area contributed by atoms with Gasteiger partial charge in [0.15, 0.2) is 9.84 Å². The van der Waals surface area contributed by atoms with Crippen LogP contribution in [0.3, 0.4) is 0 Å². The van der Waals surface area contributed by atoms with Gasteiger partial charge in [0.1, 0.15) is 11.6 Å². The topological polar surface area (TPSA) is 82.1 Å². The average molecular weight is 773 g/mol. The predicted molar refractivity (Wildman–Crippen MR) is 167 cm³/mol. The van der Waals surface area contributed by atoms with Crippen molar-refractivity contribution in [2.24, 2.45) is 0 Å². The number of aryl methyl sites for hydroxylation is 1. The van der Waals surface area contributed by atoms with Crippen molar-refractivity contribution in [1.82, 2.24) is 24.1 Å². The summed E-state index contributed by atoms with van der Waals surface area (Å²) in [6.45, 7) is 6.23. The van der Waals surface area contributed by atoms with Crippen LogP contribution in [0.5, 0.6) is 0 Å². The number of hydrogen-bond acceptors (Lipinski definition) is 5. The fourth-order valence-corrected chi connectivity index (χ4v) is 8.03. The molecule has 0 atom stereocenters. The van der Waals surface area contributed by atoms with Crippen LogP contribution < -0.4 is 0 Å². The molecule has 216 valence electrons. The molecule has 44 heavy (non-hydrogen) atoms. The van der Waals surface area contributed by atoms with Gasteiger partial charge in [0.05, 0.1) is 11.2 Å². The largest absolute Gasteiger partial charge is 2.00 e. The molecule has 0 N–H and O–H groups in total. The van der Waals surface area contributed by atoms with Crippen LogP contribution in [-0.4, -0.2) is 32.6 Å². The Balaban J connectivity index is 0.00000289. The van der Waals surface area contributed by atoms with Gasteiger partial charge in [-0.3, -0.25) is 9.50 Å². The molecule has 0 amide bonds. The van der Waals surface area contributed by atoms with Crippen molar-refractivity contribution in [2.75, 3.05) is 0 Å². The maximum Gasteiger partial charge on any atom is 2.00 e. The van der Waals surface area contributed by atoms with E-state index in [0.717, 1.165) is 44.0 Å². The van der Waals surface area contributed by atoms with Gasteiger partial charge in [-0.2, -0.15) is 17.2 Å². The van der Waals surface area contributed by atoms with E-state index >= 15 is 0 Å². The molecule has 0 bridgehead atoms. The van der Waals surface area contributed by atoms with Crippen molar-refractivity contribution in [2.45, 2.75) is 36.0 Å². The van der Waals surface area contributed by atoms with Gasteiger partial charge in [-0.1, -0.05) is 72.6 Å². The van der Waals surface area contributed by atoms with Crippen molar-refractivity contribution in [1.29, 1.82) is 0 Å². The molecule has 1 aliphatic rings. The Morgan fingerprint density at radius 3 is 2.34 bits per heavy atom. The Morgan fingerprint density at radius 2 is 1.50 bits per heavy atom. The van der Waals surface area contributed by atoms with Crippen LogP contribution in [0.2, 0.25) is 0 Å². The first kappa shape index (κ1) is 27.2. The zero-order chi connectivity index (χ0) is 29.2. The molecule has 0 spiro atoms. The number of pyridine rings is 2. The van der Waals surface area contributed by atoms with Crippen LogP contribution >= 0.6 is 0 Å². The first-order valence-corrected chi connectivity index (χ1v) is 15.5. The van der Waals surface area contributed by atoms with Crippen molar-refractivity contribution in [3.05, 3.63) is 114 Å². The van der Waals surface area contributed by atoms with Crippen molar-refractivity contribution in [3.8, 4) is 5.82 Å². The molecular weight excluding hydrogens is 750 g/mol. The van der Waals surface area contributed by atoms with Crippen LogP contribution in [0.15, 0.2) is 94.9 Å². The molecule has 0 radical (unpaired) electrons. The minimum atomic E-state index is -3.99. The van der Waals surface area contributed by atoms with Crippen LogP contribution in [0.4, 0.5) is 0 Å². The molecule has 0 saturated heterocycles. The number of nitrogens with zero attached hydrogens (tertiary/aromatic N) is 5. The van der Waals surface area contributed by atoms with Crippen LogP contribution in [-0.2, 0) is 36.3 Å². The van der Waals surface area contributed by atoms with Gasteiger partial charge in [0.25, 0.3) is 0 Å². The quantitative estimate of drug-likeness (QED) is 0.141. The Bertz CT molecular complexity index is 2640. The van der Waals surface area contributed by atoms with Crippen molar-refractivity contribution >= 4 is 59.0 Å². The number of rotatable bonds is 2. The average Bonchev–Trinajstić information content (AvgIpc) is 3.58. The molecule has 4 aromatic heterocycles. The Labute approximate surface area is 267 Å². The third-order valence-corrected chi connectivity index (χ3v) is 10.5. The number of benzene rings is 4. The van der Waals surface area contributed by atoms with Gasteiger partial charge in [0, 0.05) is 22.7 Å². The fourth-order valence-electron chi connectivity index (χ4n) is 6.83. The summed E-state index contributed by atoms with van der Waals surface area (Å²) in [5, 5.41) is 8.98. The maximum atomic E-state index is 14.2. The van der Waals surface area contributed by atoms with E-state index in [1.807, 2.05) is 49.4 Å². The molecule has 5 heterocycles. The molecule has 4 aromatic carbocycles. The summed E-state index contributed by atoms with van der Waals surface area (Å²) in [5.74, 6) is 1.40. The molecule has 7 nitrogen and oxygen atoms in total. The molecule has 9 heteroatoms. The van der Waals surface area contributed by atoms with E-state index in [1.165, 1.54) is 5.56 Å². The summed E-state index contributed by atoms with van der Waals surface area (Å²) in [6, 6.07) is 31.7. The molecule has 0 saturated carbocycles. The maximum absolute atomic E-state index is 14.2. The SMILES string of the molecule is Cc1nc2c3[c-]c(S(=O)(=O)c4[c-]c5c(cc4)c4cccc6c4n5-c4ncccc4C6(C)C)ccc3c3ccccc3n2n1.[Pt+2]. The zero-order valence-electron chi connectivity index (χ0n) is 23.9. The van der Waals surface area contributed by atoms with Gasteiger partial charge in [-0.15, -0.1) is 29.7 Å². The Hall–Kier alpha value is -4.39. The molecule has 0 aliphatic carbocycles. The number of fused-ring (bicyclic) bond motifs is 11. The van der Waals surface area contributed by atoms with Crippen LogP contribution in [0.1, 0.15) is 30.8 Å². The molecule has 0 unspecified atom stereocenters. The van der Waals surface area contributed by atoms with Crippen molar-refractivity contribution in [3.63, 3.8) is 0 Å². The van der Waals surface area contributed by atoms with E-state index in [1.54, 1.807) is 22.8 Å². The summed E-state index contributed by atoms with van der Waals surface area (Å²) >= 11 is 0. The van der Waals surface area contributed by atoms with E-state index in [9.17, 15) is 8.42 Å². The normalized spacial score (nSPS) is 14.0. The fraction of sp³-hybridized carbons (Fsp3) is 0.114. The van der Waals surface area contributed by atoms with Gasteiger partial charge in [0.2, 0.25) is 0 Å². The van der Waals surface area contributed by atoms with Crippen LogP contribution in [0, 0.1) is 19.1 Å². The number of aromatic nitrogens is 5. The first-order valence-electron chi connectivity index (χ1n) is 14.1. The zero-order valence-corrected chi connectivity index (χ0v) is 26.9. The molecular formula is C35H23N5O2PtS. The third-order valence-electron chi connectivity index (χ3n) is 8.87. The summed E-state index contributed by atoms with van der Waals surface area (Å²) in [4.78, 5) is 9.54. The molecule has 9 rings (SSSR count). The van der Waals surface area contributed by atoms with E-state index in [2.05, 4.69) is 64.9 Å². The van der Waals surface area contributed by atoms with Gasteiger partial charge >= 0.3 is 21.1 Å². The van der Waals surface area contributed by atoms with E-state index < -0.39 is 9.84 Å². The summed E-state index contributed by atoms with van der Waals surface area (Å²) < 4.78 is 32.3. The Morgan fingerprint density at radius 1 is 0.773 bits per heavy atom. The van der Waals surface area contributed by atoms with E-state index in [0.29, 0.717) is 22.4 Å². The van der Waals surface area contributed by atoms with Gasteiger partial charge < -0.3 is 4.57 Å². The second kappa shape index (κ2) is 9.07. The second-order valence-corrected chi connectivity index (χ2v) is 13.5. The number of para-hydroxylation sites is 2. The summed E-state index contributed by atoms with van der Waals surface area (Å²) in [7, 11) is -3.99. The predicted octanol–water partition coefficient (Wildman–Crippen LogP) is 6.91. The monoisotopic (exact) mass is 772 g/mol. The number of sulfone groups is 1. The standard InChI is InChI=1S/C35H23N5O2S.Pt/c1-20-37-33-27-18-21(13-15-23(27)24-8-4-5-12-30(24)40(33)38-20)43(41,42)22-14-16-25-26-9-6-10-28-32(26)39(31(25)19-22)34-29(35(28,2)3)11-7-17-36-34;/h4-17H,1-3H3;/q-2;+2. The summed E-state index contributed by atoms with van der Waals surface area (Å²) in [6.07, 6.45) is 1.78. The minimum absolute atomic E-state index is 0. The number of hydrogen-bond donors (Lipinski definition) is 0. The summed E-state index contributed by atoms with van der Waals surface area (Å²) in [5.41, 5.74) is 5.17. The van der Waals surface area contributed by atoms with Gasteiger partial charge in [-0.25, -0.2) is 13.4 Å². The smallest absolute Gasteiger partial charge is 0.319 e. The van der Waals surface area contributed by atoms with Gasteiger partial charge in [-0.05, 0) is 45.2 Å². The molecule has 8 aromatic rings. The van der Waals surface area contributed by atoms with E-state index in [-0.39, 0.29) is 36.3 Å². The van der Waals surface area contributed by atoms with Crippen molar-refractivity contribution < 1.29 is 29.5 Å². The molecule has 1 aliphatic heterocycles.